The van der Waals surface area contributed by atoms with Gasteiger partial charge in [-0.05, 0) is 12.1 Å². The highest BCUT2D eigenvalue weighted by atomic mass is 15.3. The minimum absolute atomic E-state index is 0.0170. The van der Waals surface area contributed by atoms with Gasteiger partial charge in [0, 0.05) is 56.1 Å². The summed E-state index contributed by atoms with van der Waals surface area (Å²) in [7, 11) is 0. The smallest absolute Gasteiger partial charge is 0.154 e. The number of rotatable bonds is 3. The Labute approximate surface area is 166 Å². The van der Waals surface area contributed by atoms with E-state index in [4.69, 9.17) is 10.1 Å². The second-order valence-electron chi connectivity index (χ2n) is 8.76. The van der Waals surface area contributed by atoms with E-state index in [9.17, 15) is 0 Å². The summed E-state index contributed by atoms with van der Waals surface area (Å²) in [6.45, 7) is 14.5. The molecule has 0 spiro atoms. The Bertz CT molecular complexity index is 962. The van der Waals surface area contributed by atoms with E-state index in [1.807, 2.05) is 29.2 Å². The van der Waals surface area contributed by atoms with Crippen LogP contribution in [-0.2, 0) is 5.41 Å². The molecule has 0 saturated carbocycles. The maximum Gasteiger partial charge on any atom is 0.154 e. The summed E-state index contributed by atoms with van der Waals surface area (Å²) < 4.78 is 1.95. The molecule has 0 N–H and O–H groups in total. The summed E-state index contributed by atoms with van der Waals surface area (Å²) in [5.41, 5.74) is 2.18. The van der Waals surface area contributed by atoms with Gasteiger partial charge in [-0.25, -0.2) is 19.5 Å². The lowest BCUT2D eigenvalue weighted by Crippen LogP contribution is -2.47. The van der Waals surface area contributed by atoms with Gasteiger partial charge in [-0.15, -0.1) is 0 Å². The molecule has 4 rings (SSSR count). The molecule has 0 aromatic carbocycles. The molecule has 1 fully saturated rings. The zero-order valence-corrected chi connectivity index (χ0v) is 17.4. The Morgan fingerprint density at radius 1 is 0.964 bits per heavy atom. The lowest BCUT2D eigenvalue weighted by molar-refractivity contribution is 0.562. The fraction of sp³-hybridized carbons (Fsp3) is 0.524. The maximum absolute atomic E-state index is 4.75. The van der Waals surface area contributed by atoms with Gasteiger partial charge in [0.2, 0.25) is 0 Å². The third-order valence-electron chi connectivity index (χ3n) is 5.22. The summed E-state index contributed by atoms with van der Waals surface area (Å²) in [6.07, 6.45) is 5.64. The van der Waals surface area contributed by atoms with Crippen LogP contribution in [0.15, 0.2) is 30.7 Å². The molecule has 0 bridgehead atoms. The minimum Gasteiger partial charge on any atom is -0.353 e. The first-order chi connectivity index (χ1) is 13.3. The van der Waals surface area contributed by atoms with Gasteiger partial charge in [0.05, 0.1) is 5.69 Å². The van der Waals surface area contributed by atoms with Crippen molar-refractivity contribution in [3.63, 3.8) is 0 Å². The number of hydrogen-bond donors (Lipinski definition) is 0. The molecule has 0 radical (unpaired) electrons. The third-order valence-corrected chi connectivity index (χ3v) is 5.22. The first kappa shape index (κ1) is 18.7. The molecule has 7 heteroatoms. The molecular formula is C21H29N7. The fourth-order valence-electron chi connectivity index (χ4n) is 3.48. The predicted octanol–water partition coefficient (Wildman–Crippen LogP) is 3.27. The monoisotopic (exact) mass is 379 g/mol. The molecule has 0 aliphatic carbocycles. The van der Waals surface area contributed by atoms with E-state index in [0.29, 0.717) is 5.92 Å². The summed E-state index contributed by atoms with van der Waals surface area (Å²) in [5, 5.41) is 4.75. The number of aromatic nitrogens is 5. The summed E-state index contributed by atoms with van der Waals surface area (Å²) >= 11 is 0. The van der Waals surface area contributed by atoms with Crippen LogP contribution in [0.2, 0.25) is 0 Å². The molecule has 7 nitrogen and oxygen atoms in total. The van der Waals surface area contributed by atoms with E-state index in [0.717, 1.165) is 54.8 Å². The third kappa shape index (κ3) is 3.53. The van der Waals surface area contributed by atoms with Crippen molar-refractivity contribution in [1.82, 2.24) is 24.6 Å². The molecule has 1 aliphatic heterocycles. The van der Waals surface area contributed by atoms with Crippen LogP contribution >= 0.6 is 0 Å². The number of hydrogen-bond acceptors (Lipinski definition) is 6. The SMILES string of the molecule is CC(C)c1nccc(N2CCN(c3nccn4nc(C(C)(C)C)cc34)CC2)n1. The molecule has 4 heterocycles. The lowest BCUT2D eigenvalue weighted by Gasteiger charge is -2.36. The quantitative estimate of drug-likeness (QED) is 0.696. The summed E-state index contributed by atoms with van der Waals surface area (Å²) in [4.78, 5) is 18.5. The number of fused-ring (bicyclic) bond motifs is 1. The van der Waals surface area contributed by atoms with Gasteiger partial charge >= 0.3 is 0 Å². The van der Waals surface area contributed by atoms with Crippen LogP contribution in [0, 0.1) is 0 Å². The molecule has 0 atom stereocenters. The van der Waals surface area contributed by atoms with Crippen LogP contribution in [0.4, 0.5) is 11.6 Å². The molecule has 3 aromatic heterocycles. The van der Waals surface area contributed by atoms with Crippen LogP contribution in [0.3, 0.4) is 0 Å². The highest BCUT2D eigenvalue weighted by molar-refractivity contribution is 5.70. The lowest BCUT2D eigenvalue weighted by atomic mass is 9.92. The average molecular weight is 380 g/mol. The van der Waals surface area contributed by atoms with Crippen LogP contribution in [-0.4, -0.2) is 50.7 Å². The number of piperazine rings is 1. The first-order valence-electron chi connectivity index (χ1n) is 10.0. The predicted molar refractivity (Wildman–Crippen MR) is 112 cm³/mol. The highest BCUT2D eigenvalue weighted by Gasteiger charge is 2.24. The topological polar surface area (TPSA) is 62.5 Å². The first-order valence-corrected chi connectivity index (χ1v) is 10.0. The van der Waals surface area contributed by atoms with Gasteiger partial charge in [0.25, 0.3) is 0 Å². The molecule has 3 aromatic rings. The van der Waals surface area contributed by atoms with Crippen molar-refractivity contribution < 1.29 is 0 Å². The van der Waals surface area contributed by atoms with E-state index in [-0.39, 0.29) is 5.41 Å². The van der Waals surface area contributed by atoms with E-state index < -0.39 is 0 Å². The Kier molecular flexibility index (Phi) is 4.69. The van der Waals surface area contributed by atoms with Gasteiger partial charge in [0.1, 0.15) is 17.2 Å². The number of nitrogens with zero attached hydrogens (tertiary/aromatic N) is 7. The van der Waals surface area contributed by atoms with Crippen molar-refractivity contribution in [2.24, 2.45) is 0 Å². The fourth-order valence-corrected chi connectivity index (χ4v) is 3.48. The van der Waals surface area contributed by atoms with Crippen molar-refractivity contribution in [2.75, 3.05) is 36.0 Å². The molecular weight excluding hydrogens is 350 g/mol. The van der Waals surface area contributed by atoms with Crippen LogP contribution in [0.25, 0.3) is 5.52 Å². The van der Waals surface area contributed by atoms with Crippen LogP contribution in [0.1, 0.15) is 52.1 Å². The van der Waals surface area contributed by atoms with Crippen molar-refractivity contribution in [1.29, 1.82) is 0 Å². The standard InChI is InChI=1S/C21H29N7/c1-15(2)19-22-7-6-18(24-19)26-10-12-27(13-11-26)20-16-14-17(21(3,4)5)25-28(16)9-8-23-20/h6-9,14-15H,10-13H2,1-5H3. The molecule has 0 unspecified atom stereocenters. The molecule has 1 saturated heterocycles. The molecule has 1 aliphatic rings. The largest absolute Gasteiger partial charge is 0.353 e. The number of anilines is 2. The van der Waals surface area contributed by atoms with Crippen LogP contribution in [0.5, 0.6) is 0 Å². The molecule has 148 valence electrons. The average Bonchev–Trinajstić information content (AvgIpc) is 3.13. The van der Waals surface area contributed by atoms with Gasteiger partial charge in [-0.3, -0.25) is 0 Å². The minimum atomic E-state index is 0.0170. The Morgan fingerprint density at radius 2 is 1.68 bits per heavy atom. The van der Waals surface area contributed by atoms with E-state index in [1.54, 1.807) is 0 Å². The Morgan fingerprint density at radius 3 is 2.36 bits per heavy atom. The van der Waals surface area contributed by atoms with E-state index in [2.05, 4.69) is 60.5 Å². The molecule has 28 heavy (non-hydrogen) atoms. The normalized spacial score (nSPS) is 15.6. The van der Waals surface area contributed by atoms with Crippen molar-refractivity contribution in [3.05, 3.63) is 42.2 Å². The Balaban J connectivity index is 1.54. The van der Waals surface area contributed by atoms with E-state index in [1.165, 1.54) is 0 Å². The van der Waals surface area contributed by atoms with Crippen molar-refractivity contribution in [2.45, 2.75) is 46.0 Å². The van der Waals surface area contributed by atoms with Crippen LogP contribution < -0.4 is 9.80 Å². The Hall–Kier alpha value is -2.70. The van der Waals surface area contributed by atoms with Crippen molar-refractivity contribution >= 4 is 17.2 Å². The second kappa shape index (κ2) is 7.04. The van der Waals surface area contributed by atoms with Crippen molar-refractivity contribution in [3.8, 4) is 0 Å². The second-order valence-corrected chi connectivity index (χ2v) is 8.76. The highest BCUT2D eigenvalue weighted by Crippen LogP contribution is 2.27. The summed E-state index contributed by atoms with van der Waals surface area (Å²) in [6, 6.07) is 4.18. The zero-order valence-electron chi connectivity index (χ0n) is 17.4. The van der Waals surface area contributed by atoms with Gasteiger partial charge in [-0.1, -0.05) is 34.6 Å². The summed E-state index contributed by atoms with van der Waals surface area (Å²) in [5.74, 6) is 3.27. The van der Waals surface area contributed by atoms with Gasteiger partial charge in [-0.2, -0.15) is 5.10 Å². The maximum atomic E-state index is 4.75. The van der Waals surface area contributed by atoms with E-state index >= 15 is 0 Å². The van der Waals surface area contributed by atoms with Gasteiger partial charge < -0.3 is 9.80 Å². The zero-order chi connectivity index (χ0) is 19.9. The van der Waals surface area contributed by atoms with Gasteiger partial charge in [0.15, 0.2) is 5.82 Å². The molecule has 0 amide bonds.